The highest BCUT2D eigenvalue weighted by molar-refractivity contribution is 6.31. The molecule has 0 saturated carbocycles. The van der Waals surface area contributed by atoms with Crippen LogP contribution in [0.4, 0.5) is 10.1 Å². The molecule has 4 heterocycles. The van der Waals surface area contributed by atoms with Crippen LogP contribution in [0.25, 0.3) is 10.9 Å². The zero-order valence-corrected chi connectivity index (χ0v) is 66.0. The first-order chi connectivity index (χ1) is 53.6. The average Bonchev–Trinajstić information content (AvgIpc) is 0.752. The van der Waals surface area contributed by atoms with Gasteiger partial charge in [0.25, 0.3) is 0 Å². The molecule has 2 aliphatic carbocycles. The number of hydrogen-bond donors (Lipinski definition) is 12. The number of carbonyl (C=O) groups excluding carboxylic acids is 10. The number of benzene rings is 4. The first kappa shape index (κ1) is 87.4. The maximum absolute atomic E-state index is 15.5. The number of Topliss-reactive ketones (excluding diaryl/α,β-unsaturated/α-hetero) is 1. The van der Waals surface area contributed by atoms with Gasteiger partial charge in [-0.2, -0.15) is 0 Å². The number of alkyl halides is 1. The summed E-state index contributed by atoms with van der Waals surface area (Å²) in [5.74, 6) is -10.1. The van der Waals surface area contributed by atoms with Crippen molar-refractivity contribution in [2.24, 2.45) is 17.6 Å². The Morgan fingerprint density at radius 1 is 0.807 bits per heavy atom. The van der Waals surface area contributed by atoms with E-state index < -0.39 is 214 Å². The Bertz CT molecular complexity index is 4620. The number of hydrogen-bond acceptors (Lipinski definition) is 23. The molecule has 1 unspecified atom stereocenters. The number of aromatic nitrogens is 1. The first-order valence-corrected chi connectivity index (χ1v) is 37.8. The highest BCUT2D eigenvalue weighted by Gasteiger charge is 2.51. The Balaban J connectivity index is 0.000000317. The zero-order chi connectivity index (χ0) is 84.2. The monoisotopic (exact) mass is 1590 g/mol. The van der Waals surface area contributed by atoms with E-state index in [1.54, 1.807) is 88.0 Å². The lowest BCUT2D eigenvalue weighted by atomic mass is 9.72. The number of nitrogens with one attached hydrogen (secondary N) is 4. The maximum atomic E-state index is 15.5. The number of fused-ring (bicyclic) bond motifs is 6. The fraction of sp³-hybridized carbons (Fsp3) is 0.506. The van der Waals surface area contributed by atoms with E-state index in [-0.39, 0.29) is 90.3 Å². The van der Waals surface area contributed by atoms with Crippen molar-refractivity contribution >= 4 is 75.3 Å². The number of nitrogens with two attached hydrogens (primary N) is 1. The van der Waals surface area contributed by atoms with Crippen LogP contribution < -0.4 is 31.7 Å². The Kier molecular flexibility index (Phi) is 27.5. The molecule has 10 rings (SSSR count). The molecule has 2 bridgehead atoms. The van der Waals surface area contributed by atoms with Gasteiger partial charge in [-0.05, 0) is 108 Å². The average molecular weight is 1590 g/mol. The van der Waals surface area contributed by atoms with Gasteiger partial charge in [-0.3, -0.25) is 58.1 Å². The molecule has 0 radical (unpaired) electrons. The summed E-state index contributed by atoms with van der Waals surface area (Å²) in [6, 6.07) is 4.85. The molecule has 1 aromatic heterocycles. The zero-order valence-electron chi connectivity index (χ0n) is 66.0. The number of nitro benzene ring substituents is 1. The van der Waals surface area contributed by atoms with Crippen molar-refractivity contribution in [1.82, 2.24) is 40.5 Å². The van der Waals surface area contributed by atoms with Gasteiger partial charge < -0.3 is 96.2 Å². The van der Waals surface area contributed by atoms with Crippen LogP contribution in [0.3, 0.4) is 0 Å². The first-order valence-electron chi connectivity index (χ1n) is 37.8. The minimum atomic E-state index is -2.24. The van der Waals surface area contributed by atoms with Crippen molar-refractivity contribution < 1.29 is 107 Å². The Morgan fingerprint density at radius 2 is 1.44 bits per heavy atom. The largest absolute Gasteiger partial charge is 0.507 e. The third-order valence-corrected chi connectivity index (χ3v) is 21.8. The predicted octanol–water partition coefficient (Wildman–Crippen LogP) is 4.30. The van der Waals surface area contributed by atoms with Crippen molar-refractivity contribution in [2.45, 2.75) is 217 Å². The van der Waals surface area contributed by atoms with E-state index in [1.165, 1.54) is 62.2 Å². The standard InChI is InChI=1S/C54H74FN9O11.C27H29NO11/c1-12-13-17-37-47(67)59-39(26-35-28-63(54(8,9)46(55)29-65)40-18-15-14-16-36(35)40)52(72)60(10)42(21-30(2)3)49(69)58-38(24-34-19-20-45(66)41(25-34)64(74)75)48(68)56-33(7)51(71)61(11)44-23-32(6)27-62(53(44)73)43(22-31(4)5)50(70)57-37;1-10-22(31)13(28)6-17(38-10)39-15-8-27(36,16(30)9-29)7-12-19(15)26(35)21-20(24(12)33)23(32)11-4-3-5-14(37-2)18(11)25(21)34/h12-16,18-20,25,27-28,30-31,33,37-39,42-44,46,65-66H,17,21-24,26,29H2,1-11H3,(H,56,68)(H,57,70)(H,58,69)(H,59,67);3-5,10,13,15,17,22,29,31,33,35-36H,6-9,28H2,1-2H3/b13-12+;/t33-,37-,38-,39-,42-,43-,44-,46?;10-,13-,15-,17-,22+,27-/m00/s1. The van der Waals surface area contributed by atoms with Crippen molar-refractivity contribution in [3.05, 3.63) is 145 Å². The highest BCUT2D eigenvalue weighted by atomic mass is 19.1. The van der Waals surface area contributed by atoms with Gasteiger partial charge in [0.15, 0.2) is 23.6 Å². The second-order valence-corrected chi connectivity index (χ2v) is 31.3. The Labute approximate surface area is 658 Å². The van der Waals surface area contributed by atoms with E-state index in [2.05, 4.69) is 21.3 Å². The van der Waals surface area contributed by atoms with E-state index in [9.17, 15) is 89.0 Å². The molecule has 114 heavy (non-hydrogen) atoms. The number of aliphatic hydroxyl groups is 4. The molecule has 7 amide bonds. The second-order valence-electron chi connectivity index (χ2n) is 31.3. The molecule has 2 saturated heterocycles. The molecule has 32 nitrogen and oxygen atoms in total. The van der Waals surface area contributed by atoms with E-state index in [0.717, 1.165) is 17.0 Å². The minimum Gasteiger partial charge on any atom is -0.507 e. The molecular formula is C81H103FN10O22. The van der Waals surface area contributed by atoms with Gasteiger partial charge in [-0.1, -0.05) is 81.8 Å². The van der Waals surface area contributed by atoms with Crippen LogP contribution in [0.1, 0.15) is 168 Å². The molecule has 2 fully saturated rings. The number of para-hydroxylation sites is 1. The molecule has 616 valence electrons. The number of nitrogens with zero attached hydrogens (tertiary/aromatic N) is 5. The fourth-order valence-corrected chi connectivity index (χ4v) is 15.4. The normalized spacial score (nSPS) is 25.9. The molecular weight excluding hydrogens is 1480 g/mol. The summed E-state index contributed by atoms with van der Waals surface area (Å²) in [5, 5.41) is 97.4. The summed E-state index contributed by atoms with van der Waals surface area (Å²) in [5.41, 5.74) is 2.27. The lowest BCUT2D eigenvalue weighted by Gasteiger charge is -2.42. The summed E-state index contributed by atoms with van der Waals surface area (Å²) in [7, 11) is 4.09. The van der Waals surface area contributed by atoms with Gasteiger partial charge >= 0.3 is 5.69 Å². The molecule has 5 aromatic rings. The number of aromatic hydroxyl groups is 3. The topological polar surface area (TPSA) is 472 Å². The number of methoxy groups -OCH3 is 1. The number of likely N-dealkylation sites (N-methyl/N-ethyl adjacent to an activating group) is 2. The number of allylic oxidation sites excluding steroid dienone is 1. The predicted molar refractivity (Wildman–Crippen MR) is 411 cm³/mol. The lowest BCUT2D eigenvalue weighted by Crippen LogP contribution is -2.60. The van der Waals surface area contributed by atoms with Crippen molar-refractivity contribution in [2.75, 3.05) is 34.4 Å². The van der Waals surface area contributed by atoms with Crippen LogP contribution in [0.5, 0.6) is 23.0 Å². The number of aliphatic hydroxyl groups excluding tert-OH is 3. The van der Waals surface area contributed by atoms with Gasteiger partial charge in [0.1, 0.15) is 77.9 Å². The van der Waals surface area contributed by atoms with E-state index in [4.69, 9.17) is 19.9 Å². The number of amides is 7. The maximum Gasteiger partial charge on any atom is 0.310 e. The smallest absolute Gasteiger partial charge is 0.310 e. The van der Waals surface area contributed by atoms with Gasteiger partial charge in [0.2, 0.25) is 47.1 Å². The van der Waals surface area contributed by atoms with Crippen LogP contribution in [-0.4, -0.2) is 232 Å². The fourth-order valence-electron chi connectivity index (χ4n) is 15.4. The summed E-state index contributed by atoms with van der Waals surface area (Å²) in [4.78, 5) is 158. The molecule has 14 atom stereocenters. The van der Waals surface area contributed by atoms with E-state index in [0.29, 0.717) is 22.0 Å². The third kappa shape index (κ3) is 18.2. The third-order valence-electron chi connectivity index (χ3n) is 21.8. The summed E-state index contributed by atoms with van der Waals surface area (Å²) < 4.78 is 34.2. The SMILES string of the molecule is C/C=C/C[C@@H]1NC(=O)[C@H](CC(C)C)N2C=C(C)C[C@@H](C2=O)N(C)C(=O)[C@H](C)NC(=O)[C@H](Cc2ccc(O)c([N+](=O)[O-])c2)NC(=O)[C@H](CC(C)C)N(C)C(=O)[C@H](Cc2cn(C(C)(C)C(F)CO)c3ccccc23)NC1=O.COc1cccc2c1C(=O)c1c(O)c3c(c(O)c1C2=O)C[C@@](O)(C(=O)CO)C[C@@H]3O[C@H]1C[C@H](N)[C@H](O)[C@H](C)O1. The number of ketones is 3. The van der Waals surface area contributed by atoms with Gasteiger partial charge in [0, 0.05) is 98.3 Å². The van der Waals surface area contributed by atoms with Crippen LogP contribution >= 0.6 is 0 Å². The molecule has 13 N–H and O–H groups in total. The Hall–Kier alpha value is -10.5. The number of phenolic OH excluding ortho intramolecular Hbond substituents is 3. The van der Waals surface area contributed by atoms with Gasteiger partial charge in [-0.15, -0.1) is 0 Å². The molecule has 5 aliphatic rings. The second kappa shape index (κ2) is 35.9. The quantitative estimate of drug-likeness (QED) is 0.0233. The number of halogens is 1. The van der Waals surface area contributed by atoms with Crippen LogP contribution in [0, 0.1) is 22.0 Å². The minimum absolute atomic E-state index is 0.0173. The van der Waals surface area contributed by atoms with Crippen LogP contribution in [0.15, 0.2) is 90.8 Å². The van der Waals surface area contributed by atoms with Crippen LogP contribution in [0.2, 0.25) is 0 Å². The number of ether oxygens (including phenoxy) is 3. The van der Waals surface area contributed by atoms with Gasteiger partial charge in [-0.25, -0.2) is 4.39 Å². The number of nitro groups is 1. The van der Waals surface area contributed by atoms with Crippen LogP contribution in [-0.2, 0) is 72.6 Å². The summed E-state index contributed by atoms with van der Waals surface area (Å²) in [6.07, 6.45) is -0.679. The Morgan fingerprint density at radius 3 is 2.07 bits per heavy atom. The van der Waals surface area contributed by atoms with Crippen molar-refractivity contribution in [1.29, 1.82) is 0 Å². The summed E-state index contributed by atoms with van der Waals surface area (Å²) >= 11 is 0. The van der Waals surface area contributed by atoms with Crippen molar-refractivity contribution in [3.8, 4) is 23.0 Å². The van der Waals surface area contributed by atoms with E-state index in [1.807, 2.05) is 27.7 Å². The van der Waals surface area contributed by atoms with Gasteiger partial charge in [0.05, 0.1) is 59.2 Å². The number of carbonyl (C=O) groups is 10. The molecule has 4 aromatic carbocycles. The molecule has 3 aliphatic heterocycles. The van der Waals surface area contributed by atoms with Crippen molar-refractivity contribution in [3.63, 3.8) is 0 Å². The summed E-state index contributed by atoms with van der Waals surface area (Å²) in [6.45, 7) is 15.2. The number of phenols is 3. The lowest BCUT2D eigenvalue weighted by molar-refractivity contribution is -0.385. The number of rotatable bonds is 19. The highest BCUT2D eigenvalue weighted by Crippen LogP contribution is 2.53. The van der Waals surface area contributed by atoms with E-state index >= 15 is 9.18 Å². The molecule has 33 heteroatoms. The molecule has 0 spiro atoms.